The zero-order chi connectivity index (χ0) is 9.83. The zero-order valence-electron chi connectivity index (χ0n) is 8.78. The van der Waals surface area contributed by atoms with Crippen LogP contribution in [0.2, 0.25) is 0 Å². The Bertz CT molecular complexity index is 166. The topological polar surface area (TPSA) is 26.0 Å². The van der Waals surface area contributed by atoms with Gasteiger partial charge in [-0.1, -0.05) is 13.8 Å². The van der Waals surface area contributed by atoms with Crippen molar-refractivity contribution in [3.8, 4) is 12.3 Å². The van der Waals surface area contributed by atoms with Gasteiger partial charge in [-0.2, -0.15) is 0 Å². The Kier molecular flexibility index (Phi) is 3.80. The van der Waals surface area contributed by atoms with Gasteiger partial charge in [-0.3, -0.25) is 0 Å². The lowest BCUT2D eigenvalue weighted by molar-refractivity contribution is 0.244. The standard InChI is InChI=1S/C11H21N/c1-6-7-8-10(2,3)9-11(4,5)12/h1H,7-9,12H2,2-5H3. The molecule has 70 valence electrons. The molecule has 0 saturated heterocycles. The summed E-state index contributed by atoms with van der Waals surface area (Å²) in [5.41, 5.74) is 6.12. The third kappa shape index (κ3) is 6.24. The molecule has 0 aromatic carbocycles. The fourth-order valence-electron chi connectivity index (χ4n) is 1.73. The Balaban J connectivity index is 3.97. The van der Waals surface area contributed by atoms with E-state index in [1.807, 2.05) is 0 Å². The highest BCUT2D eigenvalue weighted by Crippen LogP contribution is 2.30. The third-order valence-corrected chi connectivity index (χ3v) is 1.88. The monoisotopic (exact) mass is 167 g/mol. The molecule has 0 fully saturated rings. The summed E-state index contributed by atoms with van der Waals surface area (Å²) in [6, 6.07) is 0. The van der Waals surface area contributed by atoms with Gasteiger partial charge in [0.25, 0.3) is 0 Å². The lowest BCUT2D eigenvalue weighted by atomic mass is 9.77. The lowest BCUT2D eigenvalue weighted by Gasteiger charge is -2.31. The quantitative estimate of drug-likeness (QED) is 0.640. The molecule has 0 amide bonds. The van der Waals surface area contributed by atoms with Crippen LogP contribution in [0.15, 0.2) is 0 Å². The number of hydrogen-bond donors (Lipinski definition) is 1. The molecule has 1 nitrogen and oxygen atoms in total. The minimum absolute atomic E-state index is 0.0852. The van der Waals surface area contributed by atoms with Crippen molar-refractivity contribution in [1.29, 1.82) is 0 Å². The van der Waals surface area contributed by atoms with Crippen LogP contribution in [-0.2, 0) is 0 Å². The summed E-state index contributed by atoms with van der Waals surface area (Å²) in [4.78, 5) is 0. The fraction of sp³-hybridized carbons (Fsp3) is 0.818. The zero-order valence-corrected chi connectivity index (χ0v) is 8.78. The van der Waals surface area contributed by atoms with Crippen LogP contribution in [0.5, 0.6) is 0 Å². The van der Waals surface area contributed by atoms with Gasteiger partial charge in [0.05, 0.1) is 0 Å². The summed E-state index contributed by atoms with van der Waals surface area (Å²) in [6.45, 7) is 8.56. The molecule has 0 aliphatic carbocycles. The SMILES string of the molecule is C#CCCC(C)(C)CC(C)(C)N. The fourth-order valence-corrected chi connectivity index (χ4v) is 1.73. The van der Waals surface area contributed by atoms with E-state index in [4.69, 9.17) is 12.2 Å². The Morgan fingerprint density at radius 3 is 2.08 bits per heavy atom. The van der Waals surface area contributed by atoms with Crippen LogP contribution in [0, 0.1) is 17.8 Å². The molecular weight excluding hydrogens is 146 g/mol. The summed E-state index contributed by atoms with van der Waals surface area (Å²) in [5.74, 6) is 2.67. The molecule has 0 aromatic heterocycles. The summed E-state index contributed by atoms with van der Waals surface area (Å²) in [7, 11) is 0. The van der Waals surface area contributed by atoms with Crippen LogP contribution in [0.1, 0.15) is 47.0 Å². The number of rotatable bonds is 4. The van der Waals surface area contributed by atoms with E-state index in [9.17, 15) is 0 Å². The molecule has 0 unspecified atom stereocenters. The first kappa shape index (κ1) is 11.5. The molecule has 0 bridgehead atoms. The summed E-state index contributed by atoms with van der Waals surface area (Å²) < 4.78 is 0. The average molecular weight is 167 g/mol. The second-order valence-electron chi connectivity index (χ2n) is 5.03. The number of terminal acetylenes is 1. The van der Waals surface area contributed by atoms with Crippen molar-refractivity contribution in [2.45, 2.75) is 52.5 Å². The van der Waals surface area contributed by atoms with Gasteiger partial charge in [-0.05, 0) is 32.1 Å². The van der Waals surface area contributed by atoms with Crippen LogP contribution >= 0.6 is 0 Å². The van der Waals surface area contributed by atoms with Gasteiger partial charge >= 0.3 is 0 Å². The second-order valence-corrected chi connectivity index (χ2v) is 5.03. The normalized spacial score (nSPS) is 12.7. The van der Waals surface area contributed by atoms with Gasteiger partial charge in [0.2, 0.25) is 0 Å². The van der Waals surface area contributed by atoms with Crippen LogP contribution in [0.3, 0.4) is 0 Å². The van der Waals surface area contributed by atoms with Crippen molar-refractivity contribution in [1.82, 2.24) is 0 Å². The van der Waals surface area contributed by atoms with E-state index >= 15 is 0 Å². The van der Waals surface area contributed by atoms with E-state index in [2.05, 4.69) is 33.6 Å². The van der Waals surface area contributed by atoms with Crippen LogP contribution in [0.4, 0.5) is 0 Å². The molecule has 0 heterocycles. The highest BCUT2D eigenvalue weighted by atomic mass is 14.7. The lowest BCUT2D eigenvalue weighted by Crippen LogP contribution is -2.37. The van der Waals surface area contributed by atoms with Gasteiger partial charge in [0.1, 0.15) is 0 Å². The van der Waals surface area contributed by atoms with Gasteiger partial charge in [-0.25, -0.2) is 0 Å². The van der Waals surface area contributed by atoms with Gasteiger partial charge in [0, 0.05) is 12.0 Å². The van der Waals surface area contributed by atoms with E-state index in [1.54, 1.807) is 0 Å². The first-order chi connectivity index (χ1) is 5.27. The van der Waals surface area contributed by atoms with E-state index in [0.29, 0.717) is 0 Å². The Hall–Kier alpha value is -0.480. The maximum absolute atomic E-state index is 5.94. The largest absolute Gasteiger partial charge is 0.326 e. The molecule has 0 saturated carbocycles. The first-order valence-electron chi connectivity index (χ1n) is 4.49. The molecule has 1 heteroatoms. The minimum atomic E-state index is -0.0852. The molecule has 0 radical (unpaired) electrons. The van der Waals surface area contributed by atoms with Gasteiger partial charge < -0.3 is 5.73 Å². The molecule has 12 heavy (non-hydrogen) atoms. The number of hydrogen-bond acceptors (Lipinski definition) is 1. The molecule has 0 atom stereocenters. The Morgan fingerprint density at radius 1 is 1.25 bits per heavy atom. The van der Waals surface area contributed by atoms with Crippen molar-refractivity contribution >= 4 is 0 Å². The molecule has 0 aliphatic heterocycles. The summed E-state index contributed by atoms with van der Waals surface area (Å²) in [6.07, 6.45) is 8.14. The summed E-state index contributed by atoms with van der Waals surface area (Å²) >= 11 is 0. The molecule has 0 rings (SSSR count). The van der Waals surface area contributed by atoms with Crippen molar-refractivity contribution in [2.75, 3.05) is 0 Å². The molecule has 0 aromatic rings. The van der Waals surface area contributed by atoms with E-state index in [0.717, 1.165) is 19.3 Å². The molecule has 0 spiro atoms. The molecule has 2 N–H and O–H groups in total. The van der Waals surface area contributed by atoms with Crippen molar-refractivity contribution in [3.63, 3.8) is 0 Å². The highest BCUT2D eigenvalue weighted by molar-refractivity contribution is 4.89. The number of nitrogens with two attached hydrogens (primary N) is 1. The van der Waals surface area contributed by atoms with Crippen LogP contribution < -0.4 is 5.73 Å². The van der Waals surface area contributed by atoms with Crippen molar-refractivity contribution in [3.05, 3.63) is 0 Å². The van der Waals surface area contributed by atoms with E-state index in [-0.39, 0.29) is 11.0 Å². The van der Waals surface area contributed by atoms with E-state index in [1.165, 1.54) is 0 Å². The van der Waals surface area contributed by atoms with Gasteiger partial charge in [0.15, 0.2) is 0 Å². The smallest absolute Gasteiger partial charge is 0.0102 e. The Morgan fingerprint density at radius 2 is 1.75 bits per heavy atom. The molecule has 0 aliphatic rings. The van der Waals surface area contributed by atoms with Gasteiger partial charge in [-0.15, -0.1) is 12.3 Å². The van der Waals surface area contributed by atoms with Crippen LogP contribution in [-0.4, -0.2) is 5.54 Å². The molecular formula is C11H21N. The van der Waals surface area contributed by atoms with Crippen LogP contribution in [0.25, 0.3) is 0 Å². The average Bonchev–Trinajstić information content (AvgIpc) is 1.78. The Labute approximate surface area is 76.7 Å². The van der Waals surface area contributed by atoms with Crippen molar-refractivity contribution < 1.29 is 0 Å². The maximum atomic E-state index is 5.94. The second kappa shape index (κ2) is 3.96. The summed E-state index contributed by atoms with van der Waals surface area (Å²) in [5, 5.41) is 0. The maximum Gasteiger partial charge on any atom is 0.0102 e. The predicted molar refractivity (Wildman–Crippen MR) is 54.7 cm³/mol. The predicted octanol–water partition coefficient (Wildman–Crippen LogP) is 2.55. The van der Waals surface area contributed by atoms with Crippen molar-refractivity contribution in [2.24, 2.45) is 11.1 Å². The first-order valence-corrected chi connectivity index (χ1v) is 4.49. The third-order valence-electron chi connectivity index (χ3n) is 1.88. The highest BCUT2D eigenvalue weighted by Gasteiger charge is 2.24. The van der Waals surface area contributed by atoms with E-state index < -0.39 is 0 Å². The minimum Gasteiger partial charge on any atom is -0.326 e.